The molecule has 0 spiro atoms. The number of rotatable bonds is 1. The molecule has 0 bridgehead atoms. The number of phenolic OH excluding ortho intramolecular Hbond substituents is 1. The molecule has 0 aliphatic heterocycles. The van der Waals surface area contributed by atoms with Crippen molar-refractivity contribution in [1.29, 1.82) is 0 Å². The van der Waals surface area contributed by atoms with E-state index in [9.17, 15) is 9.90 Å². The predicted octanol–water partition coefficient (Wildman–Crippen LogP) is 2.61. The number of aromatic nitrogens is 1. The number of carboxylic acids is 1. The Morgan fingerprint density at radius 1 is 1.00 bits per heavy atom. The molecule has 0 fully saturated rings. The first kappa shape index (κ1) is 15.1. The third-order valence-electron chi connectivity index (χ3n) is 2.86. The second kappa shape index (κ2) is 6.45. The molecule has 5 N–H and O–H groups in total. The van der Waals surface area contributed by atoms with E-state index in [1.54, 1.807) is 18.3 Å². The van der Waals surface area contributed by atoms with E-state index in [-0.39, 0.29) is 17.1 Å². The average Bonchev–Trinajstić information content (AvgIpc) is 2.48. The zero-order valence-corrected chi connectivity index (χ0v) is 11.5. The summed E-state index contributed by atoms with van der Waals surface area (Å²) in [6.07, 6.45) is 1.67. The number of anilines is 1. The number of carbonyl (C=O) groups is 1. The number of nitrogens with two attached hydrogens (primary N) is 1. The molecule has 6 heteroatoms. The van der Waals surface area contributed by atoms with Gasteiger partial charge in [0.25, 0.3) is 0 Å². The fourth-order valence-corrected chi connectivity index (χ4v) is 1.82. The summed E-state index contributed by atoms with van der Waals surface area (Å²) in [6, 6.07) is 13.0. The van der Waals surface area contributed by atoms with Gasteiger partial charge in [-0.15, -0.1) is 0 Å². The molecule has 0 aliphatic carbocycles. The summed E-state index contributed by atoms with van der Waals surface area (Å²) in [7, 11) is 0. The highest BCUT2D eigenvalue weighted by atomic mass is 16.4. The van der Waals surface area contributed by atoms with Crippen LogP contribution in [-0.4, -0.2) is 26.3 Å². The third kappa shape index (κ3) is 3.43. The topological polar surface area (TPSA) is 117 Å². The molecule has 0 amide bonds. The molecular weight excluding hydrogens is 284 g/mol. The normalized spacial score (nSPS) is 9.82. The molecule has 1 aromatic heterocycles. The predicted molar refractivity (Wildman–Crippen MR) is 82.9 cm³/mol. The van der Waals surface area contributed by atoms with Crippen molar-refractivity contribution >= 4 is 22.6 Å². The number of hydrogen-bond acceptors (Lipinski definition) is 5. The van der Waals surface area contributed by atoms with Crippen LogP contribution in [0.4, 0.5) is 5.69 Å². The third-order valence-corrected chi connectivity index (χ3v) is 2.86. The summed E-state index contributed by atoms with van der Waals surface area (Å²) < 4.78 is 0. The minimum absolute atomic E-state index is 0.140. The van der Waals surface area contributed by atoms with Crippen LogP contribution in [0.3, 0.4) is 0 Å². The van der Waals surface area contributed by atoms with Gasteiger partial charge in [0.15, 0.2) is 0 Å². The number of phenols is 2. The monoisotopic (exact) mass is 298 g/mol. The minimum Gasteiger partial charge on any atom is -0.507 e. The fourth-order valence-electron chi connectivity index (χ4n) is 1.82. The van der Waals surface area contributed by atoms with Gasteiger partial charge in [-0.05, 0) is 24.3 Å². The molecule has 3 rings (SSSR count). The van der Waals surface area contributed by atoms with Gasteiger partial charge in [-0.2, -0.15) is 0 Å². The molecule has 0 radical (unpaired) electrons. The number of hydrogen-bond donors (Lipinski definition) is 4. The molecule has 2 aromatic carbocycles. The molecule has 0 atom stereocenters. The van der Waals surface area contributed by atoms with Crippen LogP contribution in [0, 0.1) is 0 Å². The van der Waals surface area contributed by atoms with E-state index in [0.717, 1.165) is 5.39 Å². The van der Waals surface area contributed by atoms with Gasteiger partial charge in [-0.3, -0.25) is 4.98 Å². The number of fused-ring (bicyclic) bond motifs is 1. The number of aromatic hydroxyl groups is 2. The maximum Gasteiger partial charge on any atom is 0.339 e. The van der Waals surface area contributed by atoms with Gasteiger partial charge in [0, 0.05) is 23.3 Å². The Labute approximate surface area is 126 Å². The number of carboxylic acid groups (broad SMARTS) is 1. The first-order chi connectivity index (χ1) is 10.5. The standard InChI is InChI=1S/C9H7NO.C7H7NO3/c11-8-5-1-3-7-4-2-6-10-9(7)8;8-4-1-2-5(7(10)11)6(9)3-4/h1-6,11H;1-3,9H,8H2,(H,10,11). The smallest absolute Gasteiger partial charge is 0.339 e. The number of nitrogens with zero attached hydrogens (tertiary/aromatic N) is 1. The van der Waals surface area contributed by atoms with Gasteiger partial charge in [0.05, 0.1) is 0 Å². The van der Waals surface area contributed by atoms with Gasteiger partial charge in [0.2, 0.25) is 0 Å². The van der Waals surface area contributed by atoms with E-state index in [4.69, 9.17) is 15.9 Å². The van der Waals surface area contributed by atoms with E-state index in [0.29, 0.717) is 11.2 Å². The Morgan fingerprint density at radius 2 is 1.73 bits per heavy atom. The lowest BCUT2D eigenvalue weighted by atomic mass is 10.2. The molecule has 0 unspecified atom stereocenters. The van der Waals surface area contributed by atoms with E-state index in [1.807, 2.05) is 18.2 Å². The molecule has 1 heterocycles. The van der Waals surface area contributed by atoms with Crippen molar-refractivity contribution < 1.29 is 20.1 Å². The van der Waals surface area contributed by atoms with Crippen LogP contribution in [0.5, 0.6) is 11.5 Å². The van der Waals surface area contributed by atoms with Crippen LogP contribution in [-0.2, 0) is 0 Å². The summed E-state index contributed by atoms with van der Waals surface area (Å²) in [4.78, 5) is 14.4. The summed E-state index contributed by atoms with van der Waals surface area (Å²) in [6.45, 7) is 0. The van der Waals surface area contributed by atoms with E-state index < -0.39 is 5.97 Å². The highest BCUT2D eigenvalue weighted by Gasteiger charge is 2.07. The summed E-state index contributed by atoms with van der Waals surface area (Å²) in [5.41, 5.74) is 6.14. The van der Waals surface area contributed by atoms with Gasteiger partial charge >= 0.3 is 5.97 Å². The van der Waals surface area contributed by atoms with Crippen LogP contribution in [0.25, 0.3) is 10.9 Å². The van der Waals surface area contributed by atoms with Crippen molar-refractivity contribution in [3.8, 4) is 11.5 Å². The Hall–Kier alpha value is -3.28. The van der Waals surface area contributed by atoms with Crippen molar-refractivity contribution in [1.82, 2.24) is 4.98 Å². The van der Waals surface area contributed by atoms with Crippen LogP contribution < -0.4 is 5.73 Å². The van der Waals surface area contributed by atoms with E-state index in [1.165, 1.54) is 18.2 Å². The van der Waals surface area contributed by atoms with E-state index >= 15 is 0 Å². The zero-order valence-electron chi connectivity index (χ0n) is 11.5. The second-order valence-electron chi connectivity index (χ2n) is 4.43. The SMILES string of the molecule is Nc1ccc(C(=O)O)c(O)c1.Oc1cccc2cccnc12. The van der Waals surface area contributed by atoms with Crippen molar-refractivity contribution in [3.05, 3.63) is 60.3 Å². The summed E-state index contributed by atoms with van der Waals surface area (Å²) >= 11 is 0. The highest BCUT2D eigenvalue weighted by Crippen LogP contribution is 2.20. The van der Waals surface area contributed by atoms with Crippen molar-refractivity contribution in [2.24, 2.45) is 0 Å². The Bertz CT molecular complexity index is 813. The number of nitrogen functional groups attached to an aromatic ring is 1. The molecule has 0 saturated heterocycles. The largest absolute Gasteiger partial charge is 0.507 e. The molecule has 6 nitrogen and oxygen atoms in total. The molecule has 22 heavy (non-hydrogen) atoms. The van der Waals surface area contributed by atoms with Gasteiger partial charge in [0.1, 0.15) is 22.6 Å². The Morgan fingerprint density at radius 3 is 2.36 bits per heavy atom. The Balaban J connectivity index is 0.000000160. The van der Waals surface area contributed by atoms with Crippen molar-refractivity contribution in [2.75, 3.05) is 5.73 Å². The van der Waals surface area contributed by atoms with E-state index in [2.05, 4.69) is 4.98 Å². The molecule has 3 aromatic rings. The van der Waals surface area contributed by atoms with Crippen LogP contribution >= 0.6 is 0 Å². The first-order valence-corrected chi connectivity index (χ1v) is 6.33. The van der Waals surface area contributed by atoms with Gasteiger partial charge < -0.3 is 21.1 Å². The lowest BCUT2D eigenvalue weighted by Gasteiger charge is -1.98. The minimum atomic E-state index is -1.16. The number of aromatic carboxylic acids is 1. The van der Waals surface area contributed by atoms with Crippen molar-refractivity contribution in [2.45, 2.75) is 0 Å². The molecule has 112 valence electrons. The summed E-state index contributed by atoms with van der Waals surface area (Å²) in [5.74, 6) is -1.23. The lowest BCUT2D eigenvalue weighted by molar-refractivity contribution is 0.0694. The molecule has 0 aliphatic rings. The number of benzene rings is 2. The van der Waals surface area contributed by atoms with Crippen LogP contribution in [0.2, 0.25) is 0 Å². The average molecular weight is 298 g/mol. The summed E-state index contributed by atoms with van der Waals surface area (Å²) in [5, 5.41) is 27.7. The maximum absolute atomic E-state index is 10.3. The fraction of sp³-hybridized carbons (Fsp3) is 0. The Kier molecular flexibility index (Phi) is 4.43. The second-order valence-corrected chi connectivity index (χ2v) is 4.43. The van der Waals surface area contributed by atoms with Crippen LogP contribution in [0.1, 0.15) is 10.4 Å². The van der Waals surface area contributed by atoms with Gasteiger partial charge in [-0.25, -0.2) is 4.79 Å². The quantitative estimate of drug-likeness (QED) is 0.513. The molecule has 0 saturated carbocycles. The zero-order chi connectivity index (χ0) is 16.1. The number of para-hydroxylation sites is 1. The van der Waals surface area contributed by atoms with Crippen LogP contribution in [0.15, 0.2) is 54.7 Å². The lowest BCUT2D eigenvalue weighted by Crippen LogP contribution is -1.97. The first-order valence-electron chi connectivity index (χ1n) is 6.33. The van der Waals surface area contributed by atoms with Crippen molar-refractivity contribution in [3.63, 3.8) is 0 Å². The highest BCUT2D eigenvalue weighted by molar-refractivity contribution is 5.91. The number of pyridine rings is 1. The van der Waals surface area contributed by atoms with Gasteiger partial charge in [-0.1, -0.05) is 18.2 Å². The molecular formula is C16H14N2O4. The maximum atomic E-state index is 10.3.